The molecule has 164 valence electrons. The van der Waals surface area contributed by atoms with E-state index in [0.717, 1.165) is 4.90 Å². The van der Waals surface area contributed by atoms with Crippen molar-refractivity contribution < 1.29 is 26.7 Å². The molecule has 1 aliphatic heterocycles. The summed E-state index contributed by atoms with van der Waals surface area (Å²) in [5.41, 5.74) is 6.64. The lowest BCUT2D eigenvalue weighted by Crippen LogP contribution is -2.59. The molecule has 3 N–H and O–H groups in total. The Balaban J connectivity index is 1.54. The van der Waals surface area contributed by atoms with Gasteiger partial charge in [-0.05, 0) is 31.7 Å². The molecule has 2 heterocycles. The fraction of sp³-hybridized carbons (Fsp3) is 0.600. The van der Waals surface area contributed by atoms with E-state index in [1.54, 1.807) is 6.07 Å². The Morgan fingerprint density at radius 3 is 2.43 bits per heavy atom. The summed E-state index contributed by atoms with van der Waals surface area (Å²) in [6.07, 6.45) is 0.0362. The predicted molar refractivity (Wildman–Crippen MR) is 99.8 cm³/mol. The number of imidazole rings is 1. The first-order valence-electron chi connectivity index (χ1n) is 9.95. The normalized spacial score (nSPS) is 23.2. The number of rotatable bonds is 4. The molecule has 1 saturated carbocycles. The maximum Gasteiger partial charge on any atom is 0.282 e. The molecule has 10 heteroatoms. The van der Waals surface area contributed by atoms with E-state index in [4.69, 9.17) is 5.73 Å². The Morgan fingerprint density at radius 1 is 1.20 bits per heavy atom. The summed E-state index contributed by atoms with van der Waals surface area (Å²) in [6.45, 7) is 0.133. The number of benzene rings is 1. The molecular formula is C20H23F5N4O. The van der Waals surface area contributed by atoms with Gasteiger partial charge in [-0.1, -0.05) is 6.07 Å². The molecule has 0 radical (unpaired) electrons. The van der Waals surface area contributed by atoms with E-state index < -0.39 is 48.6 Å². The number of nitrogens with zero attached hydrogens (tertiary/aromatic N) is 2. The first kappa shape index (κ1) is 21.0. The SMILES string of the molecule is CC(C(=O)N1CC(F)(F)C1)c1ccc2[nH]c([C@@H](N)C3CCC(F)(F)CC3)nc2c1F. The van der Waals surface area contributed by atoms with Crippen molar-refractivity contribution in [3.05, 3.63) is 29.3 Å². The molecule has 2 aromatic rings. The zero-order valence-electron chi connectivity index (χ0n) is 16.4. The number of carbonyl (C=O) groups excluding carboxylic acids is 1. The standard InChI is InChI=1S/C20H23F5N4O/c1-10(18(30)29-8-20(24,25)9-29)12-2-3-13-16(14(12)21)28-17(27-13)15(26)11-4-6-19(22,23)7-5-11/h2-3,10-11,15H,4-9,26H2,1H3,(H,27,28)/t10?,15-/m0/s1. The number of nitrogens with two attached hydrogens (primary N) is 1. The number of H-pyrrole nitrogens is 1. The van der Waals surface area contributed by atoms with E-state index in [1.165, 1.54) is 13.0 Å². The van der Waals surface area contributed by atoms with Crippen molar-refractivity contribution in [2.75, 3.05) is 13.1 Å². The molecule has 1 aromatic carbocycles. The molecule has 2 aliphatic rings. The summed E-state index contributed by atoms with van der Waals surface area (Å²) in [6, 6.07) is 2.34. The molecule has 2 atom stereocenters. The Kier molecular flexibility index (Phi) is 5.03. The van der Waals surface area contributed by atoms with Crippen molar-refractivity contribution in [3.63, 3.8) is 0 Å². The second-order valence-electron chi connectivity index (χ2n) is 8.48. The average Bonchev–Trinajstić information content (AvgIpc) is 3.10. The quantitative estimate of drug-likeness (QED) is 0.717. The molecule has 1 unspecified atom stereocenters. The minimum Gasteiger partial charge on any atom is -0.341 e. The first-order valence-corrected chi connectivity index (χ1v) is 9.95. The second kappa shape index (κ2) is 7.18. The number of nitrogens with one attached hydrogen (secondary N) is 1. The molecule has 5 nitrogen and oxygen atoms in total. The molecule has 1 saturated heterocycles. The van der Waals surface area contributed by atoms with Crippen molar-refractivity contribution in [1.82, 2.24) is 14.9 Å². The minimum absolute atomic E-state index is 0.00678. The van der Waals surface area contributed by atoms with Crippen molar-refractivity contribution in [2.24, 2.45) is 11.7 Å². The van der Waals surface area contributed by atoms with Gasteiger partial charge in [0.2, 0.25) is 11.8 Å². The number of likely N-dealkylation sites (tertiary alicyclic amines) is 1. The van der Waals surface area contributed by atoms with Gasteiger partial charge in [-0.3, -0.25) is 4.79 Å². The Bertz CT molecular complexity index is 958. The van der Waals surface area contributed by atoms with Gasteiger partial charge in [0.15, 0.2) is 5.82 Å². The Morgan fingerprint density at radius 2 is 1.83 bits per heavy atom. The summed E-state index contributed by atoms with van der Waals surface area (Å²) in [5, 5.41) is 0. The van der Waals surface area contributed by atoms with Crippen LogP contribution in [-0.2, 0) is 4.79 Å². The maximum absolute atomic E-state index is 15.1. The molecule has 2 fully saturated rings. The van der Waals surface area contributed by atoms with Gasteiger partial charge in [0, 0.05) is 18.4 Å². The third kappa shape index (κ3) is 3.77. The van der Waals surface area contributed by atoms with E-state index >= 15 is 4.39 Å². The number of aromatic nitrogens is 2. The highest BCUT2D eigenvalue weighted by Gasteiger charge is 2.47. The van der Waals surface area contributed by atoms with Crippen LogP contribution in [0.25, 0.3) is 11.0 Å². The van der Waals surface area contributed by atoms with Crippen molar-refractivity contribution in [2.45, 2.75) is 56.4 Å². The lowest BCUT2D eigenvalue weighted by atomic mass is 9.82. The highest BCUT2D eigenvalue weighted by atomic mass is 19.3. The number of hydrogen-bond donors (Lipinski definition) is 2. The Hall–Kier alpha value is -2.23. The summed E-state index contributed by atoms with van der Waals surface area (Å²) in [5.74, 6) is -7.69. The molecule has 4 rings (SSSR count). The van der Waals surface area contributed by atoms with Gasteiger partial charge in [0.1, 0.15) is 11.3 Å². The van der Waals surface area contributed by atoms with Crippen LogP contribution in [0.15, 0.2) is 12.1 Å². The topological polar surface area (TPSA) is 75.0 Å². The van der Waals surface area contributed by atoms with E-state index in [0.29, 0.717) is 11.3 Å². The smallest absolute Gasteiger partial charge is 0.282 e. The summed E-state index contributed by atoms with van der Waals surface area (Å²) < 4.78 is 68.0. The Labute approximate surface area is 169 Å². The number of amides is 1. The van der Waals surface area contributed by atoms with Gasteiger partial charge in [-0.25, -0.2) is 26.9 Å². The summed E-state index contributed by atoms with van der Waals surface area (Å²) in [7, 11) is 0. The molecule has 1 aromatic heterocycles. The van der Waals surface area contributed by atoms with Gasteiger partial charge >= 0.3 is 0 Å². The van der Waals surface area contributed by atoms with Crippen LogP contribution in [0, 0.1) is 11.7 Å². The minimum atomic E-state index is -2.89. The van der Waals surface area contributed by atoms with Crippen molar-refractivity contribution >= 4 is 16.9 Å². The lowest BCUT2D eigenvalue weighted by Gasteiger charge is -2.40. The van der Waals surface area contributed by atoms with Crippen molar-refractivity contribution in [3.8, 4) is 0 Å². The highest BCUT2D eigenvalue weighted by molar-refractivity contribution is 5.86. The molecule has 0 spiro atoms. The van der Waals surface area contributed by atoms with Crippen molar-refractivity contribution in [1.29, 1.82) is 0 Å². The zero-order chi connectivity index (χ0) is 21.8. The summed E-state index contributed by atoms with van der Waals surface area (Å²) >= 11 is 0. The maximum atomic E-state index is 15.1. The van der Waals surface area contributed by atoms with E-state index in [2.05, 4.69) is 9.97 Å². The number of hydrogen-bond acceptors (Lipinski definition) is 3. The van der Waals surface area contributed by atoms with Gasteiger partial charge in [-0.2, -0.15) is 0 Å². The number of carbonyl (C=O) groups is 1. The molecule has 1 aliphatic carbocycles. The molecular weight excluding hydrogens is 407 g/mol. The van der Waals surface area contributed by atoms with E-state index in [1.807, 2.05) is 0 Å². The van der Waals surface area contributed by atoms with E-state index in [-0.39, 0.29) is 42.7 Å². The monoisotopic (exact) mass is 430 g/mol. The third-order valence-electron chi connectivity index (χ3n) is 6.22. The summed E-state index contributed by atoms with van der Waals surface area (Å²) in [4.78, 5) is 20.6. The van der Waals surface area contributed by atoms with Crippen LogP contribution in [0.2, 0.25) is 0 Å². The third-order valence-corrected chi connectivity index (χ3v) is 6.22. The van der Waals surface area contributed by atoms with Crippen LogP contribution in [-0.4, -0.2) is 45.7 Å². The molecule has 0 bridgehead atoms. The van der Waals surface area contributed by atoms with Crippen LogP contribution in [0.4, 0.5) is 22.0 Å². The molecule has 30 heavy (non-hydrogen) atoms. The van der Waals surface area contributed by atoms with Crippen LogP contribution >= 0.6 is 0 Å². The van der Waals surface area contributed by atoms with Crippen LogP contribution in [0.1, 0.15) is 56.0 Å². The number of alkyl halides is 4. The zero-order valence-corrected chi connectivity index (χ0v) is 16.4. The number of halogens is 5. The number of fused-ring (bicyclic) bond motifs is 1. The van der Waals surface area contributed by atoms with Crippen LogP contribution < -0.4 is 5.73 Å². The molecule has 1 amide bonds. The van der Waals surface area contributed by atoms with Crippen LogP contribution in [0.3, 0.4) is 0 Å². The average molecular weight is 430 g/mol. The van der Waals surface area contributed by atoms with Crippen LogP contribution in [0.5, 0.6) is 0 Å². The second-order valence-corrected chi connectivity index (χ2v) is 8.48. The van der Waals surface area contributed by atoms with Gasteiger partial charge < -0.3 is 15.6 Å². The highest BCUT2D eigenvalue weighted by Crippen LogP contribution is 2.40. The van der Waals surface area contributed by atoms with Gasteiger partial charge in [-0.15, -0.1) is 0 Å². The lowest BCUT2D eigenvalue weighted by molar-refractivity contribution is -0.166. The van der Waals surface area contributed by atoms with Gasteiger partial charge in [0.25, 0.3) is 5.92 Å². The predicted octanol–water partition coefficient (Wildman–Crippen LogP) is 4.11. The fourth-order valence-electron chi connectivity index (χ4n) is 4.29. The fourth-order valence-corrected chi connectivity index (χ4v) is 4.29. The van der Waals surface area contributed by atoms with Gasteiger partial charge in [0.05, 0.1) is 30.6 Å². The number of aromatic amines is 1. The van der Waals surface area contributed by atoms with E-state index in [9.17, 15) is 22.4 Å². The first-order chi connectivity index (χ1) is 14.0. The largest absolute Gasteiger partial charge is 0.341 e.